The molecule has 0 spiro atoms. The minimum absolute atomic E-state index is 0.0475. The maximum absolute atomic E-state index is 12.3. The van der Waals surface area contributed by atoms with Crippen molar-refractivity contribution in [2.45, 2.75) is 27.7 Å². The summed E-state index contributed by atoms with van der Waals surface area (Å²) in [6.45, 7) is 7.45. The van der Waals surface area contributed by atoms with Crippen LogP contribution in [0.3, 0.4) is 0 Å². The molecule has 0 saturated carbocycles. The number of ether oxygens (including phenoxy) is 1. The molecule has 2 aromatic rings. The number of benzene rings is 2. The number of hydrogen-bond donors (Lipinski definition) is 1. The molecule has 0 aliphatic heterocycles. The molecule has 0 aromatic heterocycles. The number of halogens is 1. The molecule has 0 bridgehead atoms. The molecule has 0 fully saturated rings. The predicted molar refractivity (Wildman–Crippen MR) is 109 cm³/mol. The summed E-state index contributed by atoms with van der Waals surface area (Å²) in [6, 6.07) is 9.42. The second-order valence-corrected chi connectivity index (χ2v) is 7.21. The zero-order valence-electron chi connectivity index (χ0n) is 16.4. The van der Waals surface area contributed by atoms with Crippen molar-refractivity contribution in [1.82, 2.24) is 4.90 Å². The third kappa shape index (κ3) is 5.73. The molecule has 0 atom stereocenters. The average Bonchev–Trinajstić information content (AvgIpc) is 2.56. The summed E-state index contributed by atoms with van der Waals surface area (Å²) < 4.78 is 5.66. The van der Waals surface area contributed by atoms with E-state index in [1.54, 1.807) is 19.2 Å². The van der Waals surface area contributed by atoms with Gasteiger partial charge < -0.3 is 15.0 Å². The van der Waals surface area contributed by atoms with Crippen LogP contribution < -0.4 is 10.1 Å². The van der Waals surface area contributed by atoms with Gasteiger partial charge in [-0.15, -0.1) is 0 Å². The number of carbonyl (C=O) groups is 2. The zero-order valence-corrected chi connectivity index (χ0v) is 17.1. The summed E-state index contributed by atoms with van der Waals surface area (Å²) in [7, 11) is 1.58. The van der Waals surface area contributed by atoms with Gasteiger partial charge >= 0.3 is 0 Å². The average molecular weight is 389 g/mol. The fourth-order valence-corrected chi connectivity index (χ4v) is 3.06. The number of rotatable bonds is 6. The number of nitrogens with one attached hydrogen (secondary N) is 1. The van der Waals surface area contributed by atoms with E-state index in [2.05, 4.69) is 5.32 Å². The van der Waals surface area contributed by atoms with Crippen molar-refractivity contribution >= 4 is 29.1 Å². The summed E-state index contributed by atoms with van der Waals surface area (Å²) in [5.41, 5.74) is 4.51. The Kier molecular flexibility index (Phi) is 6.86. The van der Waals surface area contributed by atoms with Crippen LogP contribution in [0, 0.1) is 27.7 Å². The Morgan fingerprint density at radius 1 is 1.04 bits per heavy atom. The molecule has 6 heteroatoms. The molecule has 2 aromatic carbocycles. The fraction of sp³-hybridized carbons (Fsp3) is 0.333. The summed E-state index contributed by atoms with van der Waals surface area (Å²) in [4.78, 5) is 25.9. The molecule has 144 valence electrons. The minimum atomic E-state index is -0.278. The van der Waals surface area contributed by atoms with Crippen LogP contribution in [0.2, 0.25) is 5.02 Å². The number of hydrogen-bond acceptors (Lipinski definition) is 3. The minimum Gasteiger partial charge on any atom is -0.483 e. The van der Waals surface area contributed by atoms with Crippen molar-refractivity contribution in [3.05, 3.63) is 57.6 Å². The lowest BCUT2D eigenvalue weighted by Gasteiger charge is -2.19. The molecule has 5 nitrogen and oxygen atoms in total. The van der Waals surface area contributed by atoms with Gasteiger partial charge in [0.05, 0.1) is 6.54 Å². The fourth-order valence-electron chi connectivity index (χ4n) is 2.73. The van der Waals surface area contributed by atoms with Crippen LogP contribution in [0.1, 0.15) is 22.3 Å². The van der Waals surface area contributed by atoms with Gasteiger partial charge in [0.2, 0.25) is 5.91 Å². The van der Waals surface area contributed by atoms with Crippen molar-refractivity contribution in [3.63, 3.8) is 0 Å². The van der Waals surface area contributed by atoms with Crippen molar-refractivity contribution in [1.29, 1.82) is 0 Å². The Morgan fingerprint density at radius 3 is 2.30 bits per heavy atom. The van der Waals surface area contributed by atoms with Crippen LogP contribution in [0.25, 0.3) is 0 Å². The van der Waals surface area contributed by atoms with Crippen LogP contribution in [0.4, 0.5) is 5.69 Å². The predicted octanol–water partition coefficient (Wildman–Crippen LogP) is 4.05. The molecule has 0 unspecified atom stereocenters. The largest absolute Gasteiger partial charge is 0.483 e. The Labute approximate surface area is 165 Å². The maximum Gasteiger partial charge on any atom is 0.260 e. The summed E-state index contributed by atoms with van der Waals surface area (Å²) >= 11 is 6.00. The van der Waals surface area contributed by atoms with E-state index in [0.717, 1.165) is 27.9 Å². The van der Waals surface area contributed by atoms with Gasteiger partial charge in [-0.05, 0) is 68.1 Å². The van der Waals surface area contributed by atoms with Crippen molar-refractivity contribution in [2.75, 3.05) is 25.5 Å². The number of likely N-dealkylation sites (N-methyl/N-ethyl adjacent to an activating group) is 1. The van der Waals surface area contributed by atoms with E-state index < -0.39 is 0 Å². The second kappa shape index (κ2) is 8.91. The van der Waals surface area contributed by atoms with Gasteiger partial charge in [-0.25, -0.2) is 0 Å². The number of anilines is 1. The second-order valence-electron chi connectivity index (χ2n) is 6.77. The molecule has 0 aliphatic carbocycles. The smallest absolute Gasteiger partial charge is 0.260 e. The lowest BCUT2D eigenvalue weighted by atomic mass is 10.1. The molecule has 0 aliphatic rings. The first kappa shape index (κ1) is 20.8. The molecule has 1 N–H and O–H groups in total. The Bertz CT molecular complexity index is 841. The lowest BCUT2D eigenvalue weighted by Crippen LogP contribution is -2.37. The summed E-state index contributed by atoms with van der Waals surface area (Å²) in [6.07, 6.45) is 0. The Balaban J connectivity index is 1.92. The highest BCUT2D eigenvalue weighted by Gasteiger charge is 2.16. The normalized spacial score (nSPS) is 10.4. The zero-order chi connectivity index (χ0) is 20.1. The molecular formula is C21H25ClN2O3. The highest BCUT2D eigenvalue weighted by atomic mass is 35.5. The third-order valence-electron chi connectivity index (χ3n) is 4.24. The lowest BCUT2D eigenvalue weighted by molar-refractivity contribution is -0.135. The van der Waals surface area contributed by atoms with Gasteiger partial charge in [-0.2, -0.15) is 0 Å². The molecule has 2 rings (SSSR count). The van der Waals surface area contributed by atoms with E-state index in [1.807, 2.05) is 45.9 Å². The number of amides is 2. The number of carbonyl (C=O) groups excluding carboxylic acids is 2. The van der Waals surface area contributed by atoms with Gasteiger partial charge in [0.25, 0.3) is 5.91 Å². The van der Waals surface area contributed by atoms with Crippen molar-refractivity contribution < 1.29 is 14.3 Å². The number of aryl methyl sites for hydroxylation is 4. The maximum atomic E-state index is 12.3. The first-order valence-corrected chi connectivity index (χ1v) is 9.05. The van der Waals surface area contributed by atoms with E-state index in [9.17, 15) is 9.59 Å². The summed E-state index contributed by atoms with van der Waals surface area (Å²) in [5, 5.41) is 3.48. The molecule has 27 heavy (non-hydrogen) atoms. The van der Waals surface area contributed by atoms with Gasteiger partial charge in [0.15, 0.2) is 6.61 Å². The summed E-state index contributed by atoms with van der Waals surface area (Å²) in [5.74, 6) is 0.110. The monoisotopic (exact) mass is 388 g/mol. The quantitative estimate of drug-likeness (QED) is 0.812. The Hall–Kier alpha value is -2.53. The molecule has 0 heterocycles. The van der Waals surface area contributed by atoms with Crippen LogP contribution >= 0.6 is 11.6 Å². The van der Waals surface area contributed by atoms with E-state index in [0.29, 0.717) is 10.8 Å². The molecule has 2 amide bonds. The van der Waals surface area contributed by atoms with E-state index in [-0.39, 0.29) is 25.0 Å². The standard InChI is InChI=1S/C21H25ClN2O3/c1-13-6-7-14(2)18(8-13)23-19(25)11-24(5)20(26)12-27-21-15(3)9-17(22)10-16(21)4/h6-10H,11-12H2,1-5H3,(H,23,25). The van der Waals surface area contributed by atoms with Crippen LogP contribution in [-0.2, 0) is 9.59 Å². The van der Waals surface area contributed by atoms with E-state index >= 15 is 0 Å². The third-order valence-corrected chi connectivity index (χ3v) is 4.46. The first-order valence-electron chi connectivity index (χ1n) is 8.68. The Morgan fingerprint density at radius 2 is 1.67 bits per heavy atom. The molecule has 0 saturated heterocycles. The van der Waals surface area contributed by atoms with Gasteiger partial charge in [0, 0.05) is 17.8 Å². The molecular weight excluding hydrogens is 364 g/mol. The van der Waals surface area contributed by atoms with Gasteiger partial charge in [0.1, 0.15) is 5.75 Å². The van der Waals surface area contributed by atoms with E-state index in [1.165, 1.54) is 4.90 Å². The van der Waals surface area contributed by atoms with Crippen LogP contribution in [0.15, 0.2) is 30.3 Å². The topological polar surface area (TPSA) is 58.6 Å². The molecule has 0 radical (unpaired) electrons. The van der Waals surface area contributed by atoms with Crippen molar-refractivity contribution in [2.24, 2.45) is 0 Å². The highest BCUT2D eigenvalue weighted by Crippen LogP contribution is 2.27. The number of nitrogens with zero attached hydrogens (tertiary/aromatic N) is 1. The van der Waals surface area contributed by atoms with E-state index in [4.69, 9.17) is 16.3 Å². The van der Waals surface area contributed by atoms with Crippen LogP contribution in [0.5, 0.6) is 5.75 Å². The SMILES string of the molecule is Cc1ccc(C)c(NC(=O)CN(C)C(=O)COc2c(C)cc(Cl)cc2C)c1. The van der Waals surface area contributed by atoms with Crippen molar-refractivity contribution in [3.8, 4) is 5.75 Å². The van der Waals surface area contributed by atoms with Gasteiger partial charge in [-0.1, -0.05) is 23.7 Å². The highest BCUT2D eigenvalue weighted by molar-refractivity contribution is 6.30. The van der Waals surface area contributed by atoms with Gasteiger partial charge in [-0.3, -0.25) is 9.59 Å². The van der Waals surface area contributed by atoms with Crippen LogP contribution in [-0.4, -0.2) is 36.9 Å². The first-order chi connectivity index (χ1) is 12.7.